The predicted molar refractivity (Wildman–Crippen MR) is 85.1 cm³/mol. The van der Waals surface area contributed by atoms with Gasteiger partial charge < -0.3 is 4.90 Å². The maximum atomic E-state index is 13.3. The molecule has 0 atom stereocenters. The first kappa shape index (κ1) is 15.7. The Labute approximate surface area is 134 Å². The molecule has 0 aromatic heterocycles. The molecule has 0 spiro atoms. The van der Waals surface area contributed by atoms with Gasteiger partial charge in [0.25, 0.3) is 5.91 Å². The minimum Gasteiger partial charge on any atom is -0.339 e. The van der Waals surface area contributed by atoms with Crippen molar-refractivity contribution in [3.8, 4) is 0 Å². The maximum Gasteiger partial charge on any atom is 0.253 e. The highest BCUT2D eigenvalue weighted by molar-refractivity contribution is 5.94. The van der Waals surface area contributed by atoms with E-state index in [0.717, 1.165) is 31.4 Å². The van der Waals surface area contributed by atoms with Crippen LogP contribution in [0.4, 0.5) is 8.78 Å². The minimum atomic E-state index is -0.977. The monoisotopic (exact) mass is 315 g/mol. The quantitative estimate of drug-likeness (QED) is 0.836. The standard InChI is InChI=1S/C19H19F2NO/c20-17-7-6-16(13-18(17)21)19(23)22-10-8-15(9-11-22)12-14-4-2-1-3-5-14/h1-7,13,15H,8-12H2. The Morgan fingerprint density at radius 3 is 2.35 bits per heavy atom. The number of nitrogens with zero attached hydrogens (tertiary/aromatic N) is 1. The Morgan fingerprint density at radius 1 is 1.00 bits per heavy atom. The van der Waals surface area contributed by atoms with Crippen LogP contribution in [0, 0.1) is 17.6 Å². The van der Waals surface area contributed by atoms with Crippen LogP contribution in [0.3, 0.4) is 0 Å². The van der Waals surface area contributed by atoms with E-state index in [0.29, 0.717) is 19.0 Å². The maximum absolute atomic E-state index is 13.3. The van der Waals surface area contributed by atoms with Gasteiger partial charge in [-0.05, 0) is 48.9 Å². The summed E-state index contributed by atoms with van der Waals surface area (Å²) in [4.78, 5) is 14.1. The van der Waals surface area contributed by atoms with E-state index in [-0.39, 0.29) is 11.5 Å². The summed E-state index contributed by atoms with van der Waals surface area (Å²) in [5, 5.41) is 0. The van der Waals surface area contributed by atoms with Crippen LogP contribution in [0.5, 0.6) is 0 Å². The molecule has 3 rings (SSSR count). The van der Waals surface area contributed by atoms with Gasteiger partial charge in [-0.1, -0.05) is 30.3 Å². The van der Waals surface area contributed by atoms with E-state index in [1.807, 2.05) is 18.2 Å². The van der Waals surface area contributed by atoms with Crippen molar-refractivity contribution < 1.29 is 13.6 Å². The molecule has 2 aromatic rings. The number of hydrogen-bond donors (Lipinski definition) is 0. The van der Waals surface area contributed by atoms with Crippen LogP contribution in [0.2, 0.25) is 0 Å². The number of carbonyl (C=O) groups is 1. The number of likely N-dealkylation sites (tertiary alicyclic amines) is 1. The Hall–Kier alpha value is -2.23. The molecule has 0 radical (unpaired) electrons. The molecular weight excluding hydrogens is 296 g/mol. The largest absolute Gasteiger partial charge is 0.339 e. The molecule has 1 aliphatic rings. The van der Waals surface area contributed by atoms with Crippen LogP contribution in [0.15, 0.2) is 48.5 Å². The molecule has 4 heteroatoms. The lowest BCUT2D eigenvalue weighted by atomic mass is 9.90. The highest BCUT2D eigenvalue weighted by atomic mass is 19.2. The van der Waals surface area contributed by atoms with E-state index in [2.05, 4.69) is 12.1 Å². The summed E-state index contributed by atoms with van der Waals surface area (Å²) in [6.45, 7) is 1.32. The summed E-state index contributed by atoms with van der Waals surface area (Å²) in [7, 11) is 0. The second kappa shape index (κ2) is 6.90. The lowest BCUT2D eigenvalue weighted by Gasteiger charge is -2.32. The second-order valence-corrected chi connectivity index (χ2v) is 6.05. The van der Waals surface area contributed by atoms with E-state index < -0.39 is 11.6 Å². The van der Waals surface area contributed by atoms with Crippen molar-refractivity contribution in [2.75, 3.05) is 13.1 Å². The van der Waals surface area contributed by atoms with E-state index >= 15 is 0 Å². The van der Waals surface area contributed by atoms with E-state index in [9.17, 15) is 13.6 Å². The normalized spacial score (nSPS) is 15.7. The number of piperidine rings is 1. The highest BCUT2D eigenvalue weighted by Gasteiger charge is 2.24. The third kappa shape index (κ3) is 3.76. The van der Waals surface area contributed by atoms with Gasteiger partial charge in [0.2, 0.25) is 0 Å². The molecule has 2 aromatic carbocycles. The topological polar surface area (TPSA) is 20.3 Å². The minimum absolute atomic E-state index is 0.213. The number of carbonyl (C=O) groups excluding carboxylic acids is 1. The van der Waals surface area contributed by atoms with Gasteiger partial charge in [0, 0.05) is 18.7 Å². The highest BCUT2D eigenvalue weighted by Crippen LogP contribution is 2.23. The van der Waals surface area contributed by atoms with E-state index in [1.54, 1.807) is 4.90 Å². The number of benzene rings is 2. The molecule has 0 N–H and O–H groups in total. The Balaban J connectivity index is 1.58. The van der Waals surface area contributed by atoms with Crippen molar-refractivity contribution in [1.82, 2.24) is 4.90 Å². The molecule has 0 bridgehead atoms. The van der Waals surface area contributed by atoms with Crippen molar-refractivity contribution in [3.63, 3.8) is 0 Å². The van der Waals surface area contributed by atoms with Gasteiger partial charge in [0.1, 0.15) is 0 Å². The van der Waals surface area contributed by atoms with Crippen LogP contribution < -0.4 is 0 Å². The first-order valence-electron chi connectivity index (χ1n) is 7.92. The van der Waals surface area contributed by atoms with Gasteiger partial charge in [0.15, 0.2) is 11.6 Å². The van der Waals surface area contributed by atoms with Gasteiger partial charge in [0.05, 0.1) is 0 Å². The fraction of sp³-hybridized carbons (Fsp3) is 0.316. The zero-order valence-corrected chi connectivity index (χ0v) is 12.8. The lowest BCUT2D eigenvalue weighted by Crippen LogP contribution is -2.39. The van der Waals surface area contributed by atoms with E-state index in [4.69, 9.17) is 0 Å². The zero-order chi connectivity index (χ0) is 16.2. The average Bonchev–Trinajstić information content (AvgIpc) is 2.58. The number of rotatable bonds is 3. The van der Waals surface area contributed by atoms with Gasteiger partial charge in [-0.2, -0.15) is 0 Å². The van der Waals surface area contributed by atoms with Gasteiger partial charge in [-0.25, -0.2) is 8.78 Å². The first-order valence-corrected chi connectivity index (χ1v) is 7.92. The smallest absolute Gasteiger partial charge is 0.253 e. The van der Waals surface area contributed by atoms with Crippen molar-refractivity contribution >= 4 is 5.91 Å². The van der Waals surface area contributed by atoms with E-state index in [1.165, 1.54) is 11.6 Å². The van der Waals surface area contributed by atoms with Crippen molar-refractivity contribution in [2.45, 2.75) is 19.3 Å². The first-order chi connectivity index (χ1) is 11.1. The fourth-order valence-corrected chi connectivity index (χ4v) is 3.10. The molecular formula is C19H19F2NO. The fourth-order valence-electron chi connectivity index (χ4n) is 3.10. The van der Waals surface area contributed by atoms with Crippen LogP contribution in [0.1, 0.15) is 28.8 Å². The summed E-state index contributed by atoms with van der Waals surface area (Å²) >= 11 is 0. The third-order valence-electron chi connectivity index (χ3n) is 4.44. The summed E-state index contributed by atoms with van der Waals surface area (Å²) in [6.07, 6.45) is 2.89. The molecule has 0 aliphatic carbocycles. The number of amides is 1. The molecule has 0 unspecified atom stereocenters. The predicted octanol–water partition coefficient (Wildman–Crippen LogP) is 4.06. The molecule has 1 fully saturated rings. The molecule has 2 nitrogen and oxygen atoms in total. The van der Waals surface area contributed by atoms with Crippen LogP contribution in [-0.2, 0) is 6.42 Å². The Bertz CT molecular complexity index is 679. The molecule has 0 saturated carbocycles. The second-order valence-electron chi connectivity index (χ2n) is 6.05. The van der Waals surface area contributed by atoms with Crippen molar-refractivity contribution in [2.24, 2.45) is 5.92 Å². The van der Waals surface area contributed by atoms with Gasteiger partial charge >= 0.3 is 0 Å². The Kier molecular flexibility index (Phi) is 4.70. The molecule has 1 amide bonds. The van der Waals surface area contributed by atoms with Gasteiger partial charge in [-0.15, -0.1) is 0 Å². The molecule has 120 valence electrons. The number of halogens is 2. The third-order valence-corrected chi connectivity index (χ3v) is 4.44. The summed E-state index contributed by atoms with van der Waals surface area (Å²) < 4.78 is 26.2. The molecule has 1 aliphatic heterocycles. The molecule has 1 heterocycles. The number of hydrogen-bond acceptors (Lipinski definition) is 1. The zero-order valence-electron chi connectivity index (χ0n) is 12.8. The summed E-state index contributed by atoms with van der Waals surface area (Å²) in [6, 6.07) is 13.7. The molecule has 23 heavy (non-hydrogen) atoms. The lowest BCUT2D eigenvalue weighted by molar-refractivity contribution is 0.0690. The summed E-state index contributed by atoms with van der Waals surface area (Å²) in [5.74, 6) is -1.56. The summed E-state index contributed by atoms with van der Waals surface area (Å²) in [5.41, 5.74) is 1.53. The van der Waals surface area contributed by atoms with Crippen LogP contribution in [-0.4, -0.2) is 23.9 Å². The van der Waals surface area contributed by atoms with Crippen LogP contribution in [0.25, 0.3) is 0 Å². The average molecular weight is 315 g/mol. The Morgan fingerprint density at radius 2 is 1.70 bits per heavy atom. The van der Waals surface area contributed by atoms with Crippen LogP contribution >= 0.6 is 0 Å². The van der Waals surface area contributed by atoms with Crippen molar-refractivity contribution in [3.05, 3.63) is 71.3 Å². The molecule has 1 saturated heterocycles. The SMILES string of the molecule is O=C(c1ccc(F)c(F)c1)N1CCC(Cc2ccccc2)CC1. The van der Waals surface area contributed by atoms with Crippen molar-refractivity contribution in [1.29, 1.82) is 0 Å². The van der Waals surface area contributed by atoms with Gasteiger partial charge in [-0.3, -0.25) is 4.79 Å².